The van der Waals surface area contributed by atoms with Gasteiger partial charge < -0.3 is 15.2 Å². The van der Waals surface area contributed by atoms with Crippen molar-refractivity contribution >= 4 is 11.7 Å². The minimum Gasteiger partial charge on any atom is -0.459 e. The van der Waals surface area contributed by atoms with E-state index in [-0.39, 0.29) is 12.1 Å². The SMILES string of the molecule is Cc1cc(N)cc(C(=O)OCC2CCCCO2)c1C. The maximum Gasteiger partial charge on any atom is 0.338 e. The van der Waals surface area contributed by atoms with Gasteiger partial charge in [-0.2, -0.15) is 0 Å². The monoisotopic (exact) mass is 263 g/mol. The van der Waals surface area contributed by atoms with Gasteiger partial charge >= 0.3 is 5.97 Å². The van der Waals surface area contributed by atoms with Gasteiger partial charge in [-0.15, -0.1) is 0 Å². The molecular formula is C15H21NO3. The molecule has 1 aliphatic heterocycles. The molecule has 4 nitrogen and oxygen atoms in total. The number of ether oxygens (including phenoxy) is 2. The molecule has 0 spiro atoms. The molecule has 0 saturated carbocycles. The summed E-state index contributed by atoms with van der Waals surface area (Å²) in [6, 6.07) is 3.53. The highest BCUT2D eigenvalue weighted by molar-refractivity contribution is 5.92. The molecule has 1 aromatic rings. The summed E-state index contributed by atoms with van der Waals surface area (Å²) in [6.45, 7) is 4.93. The van der Waals surface area contributed by atoms with Crippen LogP contribution in [0.3, 0.4) is 0 Å². The van der Waals surface area contributed by atoms with Gasteiger partial charge in [0.2, 0.25) is 0 Å². The van der Waals surface area contributed by atoms with Crippen LogP contribution in [0.4, 0.5) is 5.69 Å². The highest BCUT2D eigenvalue weighted by atomic mass is 16.6. The topological polar surface area (TPSA) is 61.6 Å². The van der Waals surface area contributed by atoms with Crippen molar-refractivity contribution in [2.75, 3.05) is 18.9 Å². The minimum atomic E-state index is -0.318. The fourth-order valence-electron chi connectivity index (χ4n) is 2.28. The molecule has 0 bridgehead atoms. The fraction of sp³-hybridized carbons (Fsp3) is 0.533. The lowest BCUT2D eigenvalue weighted by atomic mass is 10.0. The molecule has 0 aromatic heterocycles. The van der Waals surface area contributed by atoms with Crippen molar-refractivity contribution in [3.63, 3.8) is 0 Å². The first-order chi connectivity index (χ1) is 9.08. The van der Waals surface area contributed by atoms with Crippen LogP contribution in [0, 0.1) is 13.8 Å². The van der Waals surface area contributed by atoms with Crippen LogP contribution in [-0.2, 0) is 9.47 Å². The fourth-order valence-corrected chi connectivity index (χ4v) is 2.28. The molecule has 1 aliphatic rings. The van der Waals surface area contributed by atoms with Crippen LogP contribution in [-0.4, -0.2) is 25.3 Å². The Labute approximate surface area is 113 Å². The maximum atomic E-state index is 12.1. The van der Waals surface area contributed by atoms with Crippen LogP contribution >= 0.6 is 0 Å². The van der Waals surface area contributed by atoms with Crippen molar-refractivity contribution in [1.29, 1.82) is 0 Å². The Morgan fingerprint density at radius 1 is 1.42 bits per heavy atom. The lowest BCUT2D eigenvalue weighted by Crippen LogP contribution is -2.26. The molecule has 4 heteroatoms. The molecular weight excluding hydrogens is 242 g/mol. The second kappa shape index (κ2) is 6.06. The van der Waals surface area contributed by atoms with Crippen LogP contribution in [0.15, 0.2) is 12.1 Å². The number of benzene rings is 1. The minimum absolute atomic E-state index is 0.0418. The van der Waals surface area contributed by atoms with Gasteiger partial charge in [-0.25, -0.2) is 4.79 Å². The molecule has 104 valence electrons. The van der Waals surface area contributed by atoms with Gasteiger partial charge in [0.15, 0.2) is 0 Å². The standard InChI is InChI=1S/C15H21NO3/c1-10-7-12(16)8-14(11(10)2)15(17)19-9-13-5-3-4-6-18-13/h7-8,13H,3-6,9,16H2,1-2H3. The average molecular weight is 263 g/mol. The zero-order chi connectivity index (χ0) is 13.8. The van der Waals surface area contributed by atoms with Crippen molar-refractivity contribution in [2.45, 2.75) is 39.2 Å². The van der Waals surface area contributed by atoms with Gasteiger partial charge in [0.05, 0.1) is 11.7 Å². The van der Waals surface area contributed by atoms with Gasteiger partial charge in [0.25, 0.3) is 0 Å². The third-order valence-electron chi connectivity index (χ3n) is 3.58. The van der Waals surface area contributed by atoms with E-state index in [0.29, 0.717) is 17.9 Å². The summed E-state index contributed by atoms with van der Waals surface area (Å²) in [4.78, 5) is 12.1. The summed E-state index contributed by atoms with van der Waals surface area (Å²) in [5.41, 5.74) is 8.83. The van der Waals surface area contributed by atoms with Crippen LogP contribution < -0.4 is 5.73 Å². The van der Waals surface area contributed by atoms with E-state index in [1.54, 1.807) is 6.07 Å². The third-order valence-corrected chi connectivity index (χ3v) is 3.58. The first-order valence-corrected chi connectivity index (χ1v) is 6.73. The van der Waals surface area contributed by atoms with Crippen molar-refractivity contribution < 1.29 is 14.3 Å². The number of carbonyl (C=O) groups excluding carboxylic acids is 1. The zero-order valence-corrected chi connectivity index (χ0v) is 11.6. The number of anilines is 1. The Morgan fingerprint density at radius 2 is 2.21 bits per heavy atom. The predicted octanol–water partition coefficient (Wildman–Crippen LogP) is 2.61. The lowest BCUT2D eigenvalue weighted by Gasteiger charge is -2.22. The summed E-state index contributed by atoms with van der Waals surface area (Å²) in [6.07, 6.45) is 3.24. The normalized spacial score (nSPS) is 19.2. The summed E-state index contributed by atoms with van der Waals surface area (Å²) in [5.74, 6) is -0.318. The molecule has 1 saturated heterocycles. The largest absolute Gasteiger partial charge is 0.459 e. The molecule has 1 aromatic carbocycles. The Hall–Kier alpha value is -1.55. The molecule has 1 heterocycles. The number of rotatable bonds is 3. The number of esters is 1. The second-order valence-corrected chi connectivity index (χ2v) is 5.10. The van der Waals surface area contributed by atoms with Crippen molar-refractivity contribution in [3.05, 3.63) is 28.8 Å². The molecule has 19 heavy (non-hydrogen) atoms. The molecule has 1 fully saturated rings. The first kappa shape index (κ1) is 13.9. The van der Waals surface area contributed by atoms with E-state index in [9.17, 15) is 4.79 Å². The van der Waals surface area contributed by atoms with Gasteiger partial charge in [-0.1, -0.05) is 0 Å². The Morgan fingerprint density at radius 3 is 2.89 bits per heavy atom. The number of aryl methyl sites for hydroxylation is 1. The van der Waals surface area contributed by atoms with Gasteiger partial charge in [-0.05, 0) is 56.4 Å². The van der Waals surface area contributed by atoms with E-state index in [2.05, 4.69) is 0 Å². The number of hydrogen-bond donors (Lipinski definition) is 1. The quantitative estimate of drug-likeness (QED) is 0.672. The second-order valence-electron chi connectivity index (χ2n) is 5.10. The van der Waals surface area contributed by atoms with Crippen LogP contribution in [0.1, 0.15) is 40.7 Å². The molecule has 0 radical (unpaired) electrons. The van der Waals surface area contributed by atoms with E-state index < -0.39 is 0 Å². The summed E-state index contributed by atoms with van der Waals surface area (Å²) < 4.78 is 10.9. The third kappa shape index (κ3) is 3.47. The summed E-state index contributed by atoms with van der Waals surface area (Å²) in [7, 11) is 0. The van der Waals surface area contributed by atoms with E-state index in [1.807, 2.05) is 19.9 Å². The zero-order valence-electron chi connectivity index (χ0n) is 11.6. The predicted molar refractivity (Wildman–Crippen MR) is 74.2 cm³/mol. The molecule has 2 N–H and O–H groups in total. The van der Waals surface area contributed by atoms with Crippen LogP contribution in [0.2, 0.25) is 0 Å². The first-order valence-electron chi connectivity index (χ1n) is 6.73. The molecule has 0 aliphatic carbocycles. The number of nitrogen functional groups attached to an aromatic ring is 1. The van der Waals surface area contributed by atoms with E-state index in [4.69, 9.17) is 15.2 Å². The van der Waals surface area contributed by atoms with Crippen molar-refractivity contribution in [1.82, 2.24) is 0 Å². The van der Waals surface area contributed by atoms with Crippen molar-refractivity contribution in [3.8, 4) is 0 Å². The Bertz CT molecular complexity index is 465. The van der Waals surface area contributed by atoms with Gasteiger partial charge in [-0.3, -0.25) is 0 Å². The number of nitrogens with two attached hydrogens (primary N) is 1. The van der Waals surface area contributed by atoms with E-state index >= 15 is 0 Å². The number of hydrogen-bond acceptors (Lipinski definition) is 4. The average Bonchev–Trinajstić information content (AvgIpc) is 2.41. The molecule has 1 atom stereocenters. The van der Waals surface area contributed by atoms with E-state index in [0.717, 1.165) is 37.0 Å². The molecule has 1 unspecified atom stereocenters. The summed E-state index contributed by atoms with van der Waals surface area (Å²) in [5, 5.41) is 0. The highest BCUT2D eigenvalue weighted by Crippen LogP contribution is 2.19. The Balaban J connectivity index is 1.99. The highest BCUT2D eigenvalue weighted by Gasteiger charge is 2.18. The van der Waals surface area contributed by atoms with Crippen molar-refractivity contribution in [2.24, 2.45) is 0 Å². The lowest BCUT2D eigenvalue weighted by molar-refractivity contribution is -0.0300. The smallest absolute Gasteiger partial charge is 0.338 e. The Kier molecular flexibility index (Phi) is 4.43. The van der Waals surface area contributed by atoms with Gasteiger partial charge in [0, 0.05) is 12.3 Å². The maximum absolute atomic E-state index is 12.1. The molecule has 0 amide bonds. The van der Waals surface area contributed by atoms with Crippen LogP contribution in [0.5, 0.6) is 0 Å². The molecule has 2 rings (SSSR count). The van der Waals surface area contributed by atoms with E-state index in [1.165, 1.54) is 0 Å². The van der Waals surface area contributed by atoms with Crippen LogP contribution in [0.25, 0.3) is 0 Å². The summed E-state index contributed by atoms with van der Waals surface area (Å²) >= 11 is 0. The number of carbonyl (C=O) groups is 1. The van der Waals surface area contributed by atoms with Gasteiger partial charge in [0.1, 0.15) is 6.61 Å².